The van der Waals surface area contributed by atoms with Gasteiger partial charge >= 0.3 is 0 Å². The van der Waals surface area contributed by atoms with Crippen LogP contribution in [0.3, 0.4) is 0 Å². The Kier molecular flexibility index (Phi) is 7.32. The molecule has 0 aliphatic heterocycles. The van der Waals surface area contributed by atoms with Crippen LogP contribution in [0, 0.1) is 6.92 Å². The van der Waals surface area contributed by atoms with Gasteiger partial charge in [-0.25, -0.2) is 8.42 Å². The summed E-state index contributed by atoms with van der Waals surface area (Å²) in [5.74, 6) is -0.341. The topological polar surface area (TPSA) is 66.5 Å². The first-order chi connectivity index (χ1) is 14.6. The second-order valence-corrected chi connectivity index (χ2v) is 10.6. The summed E-state index contributed by atoms with van der Waals surface area (Å²) in [5.41, 5.74) is 5.03. The second kappa shape index (κ2) is 9.61. The molecule has 0 aromatic heterocycles. The summed E-state index contributed by atoms with van der Waals surface area (Å²) in [5, 5.41) is 3.52. The molecule has 1 aliphatic rings. The average Bonchev–Trinajstić information content (AvgIpc) is 2.73. The fourth-order valence-corrected chi connectivity index (χ4v) is 5.55. The van der Waals surface area contributed by atoms with Crippen molar-refractivity contribution in [1.82, 2.24) is 5.32 Å². The molecule has 168 valence electrons. The first-order valence-corrected chi connectivity index (χ1v) is 13.0. The van der Waals surface area contributed by atoms with Crippen LogP contribution >= 0.6 is 11.6 Å². The van der Waals surface area contributed by atoms with Crippen molar-refractivity contribution in [3.05, 3.63) is 63.7 Å². The zero-order chi connectivity index (χ0) is 22.8. The van der Waals surface area contributed by atoms with E-state index in [0.717, 1.165) is 34.5 Å². The van der Waals surface area contributed by atoms with E-state index in [-0.39, 0.29) is 11.9 Å². The maximum absolute atomic E-state index is 13.1. The molecule has 0 saturated heterocycles. The van der Waals surface area contributed by atoms with Crippen LogP contribution in [0.5, 0.6) is 0 Å². The molecule has 7 heteroatoms. The highest BCUT2D eigenvalue weighted by molar-refractivity contribution is 7.92. The maximum Gasteiger partial charge on any atom is 0.244 e. The number of aryl methyl sites for hydroxylation is 3. The number of nitrogens with one attached hydrogen (secondary N) is 1. The minimum Gasteiger partial charge on any atom is -0.347 e. The van der Waals surface area contributed by atoms with E-state index in [9.17, 15) is 13.2 Å². The van der Waals surface area contributed by atoms with Gasteiger partial charge in [-0.05, 0) is 80.3 Å². The normalized spacial score (nSPS) is 15.6. The van der Waals surface area contributed by atoms with E-state index in [4.69, 9.17) is 11.6 Å². The van der Waals surface area contributed by atoms with Crippen molar-refractivity contribution in [1.29, 1.82) is 0 Å². The molecule has 0 saturated carbocycles. The van der Waals surface area contributed by atoms with Gasteiger partial charge in [-0.15, -0.1) is 0 Å². The zero-order valence-electron chi connectivity index (χ0n) is 18.6. The number of rotatable bonds is 7. The van der Waals surface area contributed by atoms with Gasteiger partial charge in [-0.2, -0.15) is 0 Å². The molecule has 0 spiro atoms. The van der Waals surface area contributed by atoms with Crippen LogP contribution in [0.4, 0.5) is 5.69 Å². The number of amides is 1. The van der Waals surface area contributed by atoms with E-state index in [2.05, 4.69) is 23.5 Å². The Morgan fingerprint density at radius 2 is 1.81 bits per heavy atom. The van der Waals surface area contributed by atoms with E-state index in [1.54, 1.807) is 25.1 Å². The molecule has 0 heterocycles. The fraction of sp³-hybridized carbons (Fsp3) is 0.458. The Labute approximate surface area is 190 Å². The quantitative estimate of drug-likeness (QED) is 0.633. The van der Waals surface area contributed by atoms with Crippen LogP contribution in [-0.2, 0) is 27.7 Å². The number of carbonyl (C=O) groups excluding carboxylic acids is 1. The summed E-state index contributed by atoms with van der Waals surface area (Å²) in [4.78, 5) is 13.1. The van der Waals surface area contributed by atoms with Gasteiger partial charge in [0.1, 0.15) is 6.04 Å². The number of anilines is 1. The van der Waals surface area contributed by atoms with Crippen molar-refractivity contribution >= 4 is 33.2 Å². The van der Waals surface area contributed by atoms with Crippen LogP contribution in [0.2, 0.25) is 5.02 Å². The van der Waals surface area contributed by atoms with Gasteiger partial charge in [-0.1, -0.05) is 42.8 Å². The van der Waals surface area contributed by atoms with Gasteiger partial charge in [0, 0.05) is 5.02 Å². The minimum atomic E-state index is -3.70. The molecular formula is C24H31ClN2O3S. The predicted molar refractivity (Wildman–Crippen MR) is 127 cm³/mol. The third kappa shape index (κ3) is 5.42. The predicted octanol–water partition coefficient (Wildman–Crippen LogP) is 4.95. The van der Waals surface area contributed by atoms with Crippen LogP contribution in [-0.4, -0.2) is 26.6 Å². The fourth-order valence-electron chi connectivity index (χ4n) is 4.21. The van der Waals surface area contributed by atoms with E-state index < -0.39 is 16.1 Å². The Morgan fingerprint density at radius 3 is 2.42 bits per heavy atom. The van der Waals surface area contributed by atoms with Crippen LogP contribution in [0.1, 0.15) is 61.4 Å². The maximum atomic E-state index is 13.1. The molecule has 2 aromatic rings. The van der Waals surface area contributed by atoms with E-state index in [1.807, 2.05) is 13.8 Å². The number of hydrogen-bond donors (Lipinski definition) is 1. The number of carbonyl (C=O) groups is 1. The summed E-state index contributed by atoms with van der Waals surface area (Å²) < 4.78 is 26.3. The first kappa shape index (κ1) is 23.6. The average molecular weight is 463 g/mol. The summed E-state index contributed by atoms with van der Waals surface area (Å²) in [6.45, 7) is 5.46. The Balaban J connectivity index is 1.84. The molecule has 31 heavy (non-hydrogen) atoms. The molecular weight excluding hydrogens is 432 g/mol. The third-order valence-corrected chi connectivity index (χ3v) is 7.65. The van der Waals surface area contributed by atoms with Gasteiger partial charge in [-0.3, -0.25) is 9.10 Å². The molecule has 1 amide bonds. The Bertz CT molecular complexity index is 1070. The van der Waals surface area contributed by atoms with Gasteiger partial charge in [0.05, 0.1) is 18.0 Å². The van der Waals surface area contributed by atoms with Crippen LogP contribution in [0.15, 0.2) is 36.4 Å². The lowest BCUT2D eigenvalue weighted by Gasteiger charge is -2.30. The van der Waals surface area contributed by atoms with Gasteiger partial charge in [0.2, 0.25) is 15.9 Å². The minimum absolute atomic E-state index is 0.176. The van der Waals surface area contributed by atoms with Crippen LogP contribution in [0.25, 0.3) is 0 Å². The number of hydrogen-bond acceptors (Lipinski definition) is 3. The zero-order valence-corrected chi connectivity index (χ0v) is 20.2. The van der Waals surface area contributed by atoms with Crippen molar-refractivity contribution in [2.24, 2.45) is 0 Å². The monoisotopic (exact) mass is 462 g/mol. The third-order valence-electron chi connectivity index (χ3n) is 6.00. The molecule has 2 aromatic carbocycles. The Hall–Kier alpha value is -2.05. The van der Waals surface area contributed by atoms with Gasteiger partial charge < -0.3 is 5.32 Å². The number of halogens is 1. The molecule has 1 N–H and O–H groups in total. The smallest absolute Gasteiger partial charge is 0.244 e. The largest absolute Gasteiger partial charge is 0.347 e. The van der Waals surface area contributed by atoms with Crippen molar-refractivity contribution in [3.8, 4) is 0 Å². The number of benzene rings is 2. The number of sulfonamides is 1. The molecule has 0 fully saturated rings. The standard InChI is InChI=1S/C24H31ClN2O3S/c1-5-23(20-12-11-18-8-6-7-9-19(18)14-20)26-24(28)17(3)27(31(4,29)30)21-13-10-16(2)22(25)15-21/h10-15,17,23H,5-9H2,1-4H3,(H,26,28)/t17-,23-/m1/s1. The lowest BCUT2D eigenvalue weighted by molar-refractivity contribution is -0.122. The second-order valence-electron chi connectivity index (χ2n) is 8.37. The lowest BCUT2D eigenvalue weighted by atomic mass is 9.88. The van der Waals surface area contributed by atoms with Crippen molar-refractivity contribution < 1.29 is 13.2 Å². The lowest BCUT2D eigenvalue weighted by Crippen LogP contribution is -2.48. The molecule has 2 atom stereocenters. The molecule has 1 aliphatic carbocycles. The van der Waals surface area contributed by atoms with Crippen molar-refractivity contribution in [2.45, 2.75) is 65.0 Å². The molecule has 0 unspecified atom stereocenters. The van der Waals surface area contributed by atoms with E-state index >= 15 is 0 Å². The molecule has 0 radical (unpaired) electrons. The summed E-state index contributed by atoms with van der Waals surface area (Å²) in [6, 6.07) is 10.4. The molecule has 5 nitrogen and oxygen atoms in total. The molecule has 0 bridgehead atoms. The summed E-state index contributed by atoms with van der Waals surface area (Å²) >= 11 is 6.22. The number of nitrogens with zero attached hydrogens (tertiary/aromatic N) is 1. The summed E-state index contributed by atoms with van der Waals surface area (Å²) in [6.07, 6.45) is 6.41. The number of fused-ring (bicyclic) bond motifs is 1. The highest BCUT2D eigenvalue weighted by atomic mass is 35.5. The van der Waals surface area contributed by atoms with Gasteiger partial charge in [0.25, 0.3) is 0 Å². The highest BCUT2D eigenvalue weighted by Crippen LogP contribution is 2.28. The van der Waals surface area contributed by atoms with E-state index in [1.165, 1.54) is 24.0 Å². The van der Waals surface area contributed by atoms with Gasteiger partial charge in [0.15, 0.2) is 0 Å². The summed E-state index contributed by atoms with van der Waals surface area (Å²) in [7, 11) is -3.70. The van der Waals surface area contributed by atoms with Crippen molar-refractivity contribution in [3.63, 3.8) is 0 Å². The highest BCUT2D eigenvalue weighted by Gasteiger charge is 2.30. The van der Waals surface area contributed by atoms with Crippen molar-refractivity contribution in [2.75, 3.05) is 10.6 Å². The van der Waals surface area contributed by atoms with Crippen LogP contribution < -0.4 is 9.62 Å². The van der Waals surface area contributed by atoms with E-state index in [0.29, 0.717) is 17.1 Å². The first-order valence-electron chi connectivity index (χ1n) is 10.8. The molecule has 3 rings (SSSR count). The SMILES string of the molecule is CC[C@@H](NC(=O)[C@@H](C)N(c1ccc(C)c(Cl)c1)S(C)(=O)=O)c1ccc2c(c1)CCCC2. The Morgan fingerprint density at radius 1 is 1.13 bits per heavy atom.